The summed E-state index contributed by atoms with van der Waals surface area (Å²) in [5.74, 6) is -3.02. The zero-order chi connectivity index (χ0) is 29.6. The second-order valence-corrected chi connectivity index (χ2v) is 9.72. The minimum absolute atomic E-state index is 0.0455. The van der Waals surface area contributed by atoms with Crippen LogP contribution in [0.5, 0.6) is 0 Å². The molecular formula is C26H25F2N9O4. The Morgan fingerprint density at radius 2 is 1.90 bits per heavy atom. The van der Waals surface area contributed by atoms with Crippen molar-refractivity contribution in [1.29, 1.82) is 0 Å². The Bertz CT molecular complexity index is 1920. The minimum atomic E-state index is -3.09. The lowest BCUT2D eigenvalue weighted by Crippen LogP contribution is -2.40. The van der Waals surface area contributed by atoms with Crippen LogP contribution in [0.25, 0.3) is 22.4 Å². The predicted octanol–water partition coefficient (Wildman–Crippen LogP) is 2.71. The fraction of sp³-hybridized carbons (Fsp3) is 0.308. The van der Waals surface area contributed by atoms with Crippen LogP contribution < -0.4 is 16.6 Å². The van der Waals surface area contributed by atoms with Crippen molar-refractivity contribution in [3.63, 3.8) is 0 Å². The maximum atomic E-state index is 13.7. The molecule has 13 nitrogen and oxygen atoms in total. The van der Waals surface area contributed by atoms with Gasteiger partial charge < -0.3 is 14.4 Å². The zero-order valence-electron chi connectivity index (χ0n) is 22.7. The van der Waals surface area contributed by atoms with Gasteiger partial charge in [0.2, 0.25) is 5.91 Å². The van der Waals surface area contributed by atoms with Crippen LogP contribution in [-0.4, -0.2) is 44.7 Å². The summed E-state index contributed by atoms with van der Waals surface area (Å²) in [6.45, 7) is 5.42. The number of aryl methyl sites for hydroxylation is 3. The molecule has 5 aromatic rings. The molecule has 0 aliphatic carbocycles. The van der Waals surface area contributed by atoms with E-state index in [0.717, 1.165) is 11.5 Å². The van der Waals surface area contributed by atoms with Gasteiger partial charge in [-0.2, -0.15) is 8.78 Å². The summed E-state index contributed by atoms with van der Waals surface area (Å²) in [5.41, 5.74) is -0.00686. The number of hydrogen-bond acceptors (Lipinski definition) is 9. The highest BCUT2D eigenvalue weighted by atomic mass is 19.3. The second kappa shape index (κ2) is 10.1. The predicted molar refractivity (Wildman–Crippen MR) is 142 cm³/mol. The number of halogens is 2. The van der Waals surface area contributed by atoms with Crippen LogP contribution in [0.1, 0.15) is 42.6 Å². The first kappa shape index (κ1) is 27.5. The van der Waals surface area contributed by atoms with Gasteiger partial charge >= 0.3 is 5.69 Å². The van der Waals surface area contributed by atoms with Gasteiger partial charge in [0.25, 0.3) is 11.5 Å². The van der Waals surface area contributed by atoms with E-state index >= 15 is 0 Å². The van der Waals surface area contributed by atoms with Crippen molar-refractivity contribution in [1.82, 2.24) is 38.8 Å². The third kappa shape index (κ3) is 5.13. The maximum Gasteiger partial charge on any atom is 0.332 e. The number of imidazole rings is 1. The number of rotatable bonds is 7. The lowest BCUT2D eigenvalue weighted by atomic mass is 10.1. The summed E-state index contributed by atoms with van der Waals surface area (Å²) < 4.78 is 36.1. The van der Waals surface area contributed by atoms with Gasteiger partial charge in [0.15, 0.2) is 17.0 Å². The molecule has 5 rings (SSSR count). The number of nitrogens with zero attached hydrogens (tertiary/aromatic N) is 8. The standard InChI is InChI=1S/C26H25F2N9O4/c1-13-6-16(8-30-21(13)26(4,27)28)18-9-29-10-19(32-18)33-23(38)15(3)37-12-31-22-20(37)24(39)36(25(40)35(22)5)11-17-7-14(2)41-34-17/h6-10,12,15H,11H2,1-5H3,(H,32,33,38)/t15-/m0/s1. The summed E-state index contributed by atoms with van der Waals surface area (Å²) >= 11 is 0. The van der Waals surface area contributed by atoms with E-state index in [1.165, 1.54) is 54.1 Å². The van der Waals surface area contributed by atoms with E-state index in [1.54, 1.807) is 19.9 Å². The average Bonchev–Trinajstić information content (AvgIpc) is 3.55. The topological polar surface area (TPSA) is 156 Å². The van der Waals surface area contributed by atoms with Crippen LogP contribution in [-0.2, 0) is 24.3 Å². The molecular weight excluding hydrogens is 540 g/mol. The molecule has 0 saturated carbocycles. The number of fused-ring (bicyclic) bond motifs is 1. The van der Waals surface area contributed by atoms with E-state index in [4.69, 9.17) is 4.52 Å². The minimum Gasteiger partial charge on any atom is -0.361 e. The van der Waals surface area contributed by atoms with Crippen LogP contribution in [0.2, 0.25) is 0 Å². The molecule has 15 heteroatoms. The molecule has 0 saturated heterocycles. The quantitative estimate of drug-likeness (QED) is 0.313. The summed E-state index contributed by atoms with van der Waals surface area (Å²) in [5, 5.41) is 6.51. The van der Waals surface area contributed by atoms with Gasteiger partial charge in [-0.05, 0) is 32.4 Å². The van der Waals surface area contributed by atoms with Crippen molar-refractivity contribution in [2.24, 2.45) is 7.05 Å². The van der Waals surface area contributed by atoms with Gasteiger partial charge in [-0.1, -0.05) is 5.16 Å². The van der Waals surface area contributed by atoms with Crippen molar-refractivity contribution in [3.8, 4) is 11.3 Å². The Hall–Kier alpha value is -5.08. The lowest BCUT2D eigenvalue weighted by molar-refractivity contribution is -0.118. The Balaban J connectivity index is 1.44. The fourth-order valence-electron chi connectivity index (χ4n) is 4.47. The number of aromatic nitrogens is 8. The number of amides is 1. The zero-order valence-corrected chi connectivity index (χ0v) is 22.7. The third-order valence-corrected chi connectivity index (χ3v) is 6.53. The van der Waals surface area contributed by atoms with Gasteiger partial charge in [-0.15, -0.1) is 0 Å². The van der Waals surface area contributed by atoms with E-state index in [2.05, 4.69) is 30.4 Å². The van der Waals surface area contributed by atoms with E-state index < -0.39 is 29.1 Å². The number of anilines is 1. The molecule has 41 heavy (non-hydrogen) atoms. The van der Waals surface area contributed by atoms with Gasteiger partial charge in [-0.3, -0.25) is 28.7 Å². The Labute approximate surface area is 230 Å². The summed E-state index contributed by atoms with van der Waals surface area (Å²) in [6.07, 6.45) is 5.32. The van der Waals surface area contributed by atoms with Crippen molar-refractivity contribution >= 4 is 22.9 Å². The first-order valence-corrected chi connectivity index (χ1v) is 12.4. The SMILES string of the molecule is Cc1cc(Cn2c(=O)c3c(ncn3[C@@H](C)C(=O)Nc3cncc(-c4cnc(C(C)(F)F)c(C)c4)n3)n(C)c2=O)no1. The fourth-order valence-corrected chi connectivity index (χ4v) is 4.47. The molecule has 0 spiro atoms. The molecule has 0 aromatic carbocycles. The number of carbonyl (C=O) groups is 1. The third-order valence-electron chi connectivity index (χ3n) is 6.53. The normalized spacial score (nSPS) is 12.6. The van der Waals surface area contributed by atoms with E-state index in [0.29, 0.717) is 22.7 Å². The number of hydrogen-bond donors (Lipinski definition) is 1. The maximum absolute atomic E-state index is 13.7. The number of alkyl halides is 2. The highest BCUT2D eigenvalue weighted by molar-refractivity contribution is 5.93. The van der Waals surface area contributed by atoms with Crippen molar-refractivity contribution in [2.45, 2.75) is 46.2 Å². The lowest BCUT2D eigenvalue weighted by Gasteiger charge is -2.15. The Kier molecular flexibility index (Phi) is 6.80. The molecule has 1 amide bonds. The largest absolute Gasteiger partial charge is 0.361 e. The number of nitrogens with one attached hydrogen (secondary N) is 1. The molecule has 5 aromatic heterocycles. The summed E-state index contributed by atoms with van der Waals surface area (Å²) in [4.78, 5) is 56.1. The molecule has 0 fully saturated rings. The van der Waals surface area contributed by atoms with E-state index in [1.807, 2.05) is 0 Å². The molecule has 0 bridgehead atoms. The molecule has 0 unspecified atom stereocenters. The number of pyridine rings is 1. The first-order chi connectivity index (χ1) is 19.3. The smallest absolute Gasteiger partial charge is 0.332 e. The van der Waals surface area contributed by atoms with Crippen molar-refractivity contribution in [3.05, 3.63) is 80.6 Å². The van der Waals surface area contributed by atoms with Crippen LogP contribution in [0.15, 0.2) is 51.2 Å². The molecule has 1 atom stereocenters. The van der Waals surface area contributed by atoms with E-state index in [-0.39, 0.29) is 34.8 Å². The van der Waals surface area contributed by atoms with Gasteiger partial charge in [0.1, 0.15) is 23.2 Å². The summed E-state index contributed by atoms with van der Waals surface area (Å²) in [6, 6.07) is 2.18. The van der Waals surface area contributed by atoms with Gasteiger partial charge in [0.05, 0.1) is 31.0 Å². The van der Waals surface area contributed by atoms with Crippen LogP contribution >= 0.6 is 0 Å². The number of carbonyl (C=O) groups excluding carboxylic acids is 1. The van der Waals surface area contributed by atoms with Crippen LogP contribution in [0, 0.1) is 13.8 Å². The monoisotopic (exact) mass is 565 g/mol. The van der Waals surface area contributed by atoms with Crippen LogP contribution in [0.3, 0.4) is 0 Å². The molecule has 0 radical (unpaired) electrons. The molecule has 0 aliphatic heterocycles. The molecule has 5 heterocycles. The van der Waals surface area contributed by atoms with Gasteiger partial charge in [0, 0.05) is 31.8 Å². The van der Waals surface area contributed by atoms with Crippen molar-refractivity contribution in [2.75, 3.05) is 5.32 Å². The molecule has 0 aliphatic rings. The van der Waals surface area contributed by atoms with Crippen LogP contribution in [0.4, 0.5) is 14.6 Å². The molecule has 1 N–H and O–H groups in total. The van der Waals surface area contributed by atoms with Gasteiger partial charge in [-0.25, -0.2) is 14.8 Å². The summed E-state index contributed by atoms with van der Waals surface area (Å²) in [7, 11) is 1.47. The van der Waals surface area contributed by atoms with Crippen molar-refractivity contribution < 1.29 is 18.1 Å². The average molecular weight is 566 g/mol. The Morgan fingerprint density at radius 3 is 2.56 bits per heavy atom. The second-order valence-electron chi connectivity index (χ2n) is 9.72. The van der Waals surface area contributed by atoms with E-state index in [9.17, 15) is 23.2 Å². The molecule has 212 valence electrons. The highest BCUT2D eigenvalue weighted by Gasteiger charge is 2.28. The highest BCUT2D eigenvalue weighted by Crippen LogP contribution is 2.30. The first-order valence-electron chi connectivity index (χ1n) is 12.4. The Morgan fingerprint density at radius 1 is 1.15 bits per heavy atom.